The van der Waals surface area contributed by atoms with Gasteiger partial charge in [0.2, 0.25) is 5.88 Å². The van der Waals surface area contributed by atoms with Gasteiger partial charge in [-0.25, -0.2) is 4.98 Å². The number of anilines is 2. The van der Waals surface area contributed by atoms with Crippen molar-refractivity contribution < 1.29 is 14.6 Å². The molecule has 1 aromatic carbocycles. The van der Waals surface area contributed by atoms with Crippen molar-refractivity contribution in [3.05, 3.63) is 54.2 Å². The molecule has 4 N–H and O–H groups in total. The van der Waals surface area contributed by atoms with Crippen LogP contribution in [0.3, 0.4) is 0 Å². The van der Waals surface area contributed by atoms with Crippen LogP contribution in [-0.2, 0) is 4.74 Å². The summed E-state index contributed by atoms with van der Waals surface area (Å²) in [5.41, 5.74) is 10.1. The lowest BCUT2D eigenvalue weighted by atomic mass is 9.48. The molecule has 9 heteroatoms. The molecular formula is C36H46N6O3. The van der Waals surface area contributed by atoms with E-state index in [2.05, 4.69) is 37.5 Å². The van der Waals surface area contributed by atoms with Crippen LogP contribution in [0.15, 0.2) is 48.7 Å². The molecule has 3 aromatic rings. The Kier molecular flexibility index (Phi) is 7.99. The Morgan fingerprint density at radius 2 is 1.73 bits per heavy atom. The molecule has 238 valence electrons. The number of phenolic OH excluding ortho intramolecular Hbond substituents is 1. The molecule has 0 radical (unpaired) electrons. The smallest absolute Gasteiger partial charge is 0.213 e. The highest BCUT2D eigenvalue weighted by Gasteiger charge is 2.52. The van der Waals surface area contributed by atoms with Crippen LogP contribution in [0.1, 0.15) is 69.3 Å². The van der Waals surface area contributed by atoms with Gasteiger partial charge in [0.05, 0.1) is 23.6 Å². The summed E-state index contributed by atoms with van der Waals surface area (Å²) in [6, 6.07) is 13.7. The van der Waals surface area contributed by atoms with Gasteiger partial charge in [0.15, 0.2) is 5.82 Å². The zero-order chi connectivity index (χ0) is 30.3. The fourth-order valence-electron chi connectivity index (χ4n) is 8.22. The minimum atomic E-state index is 0.199. The third-order valence-electron chi connectivity index (χ3n) is 11.6. The van der Waals surface area contributed by atoms with Crippen molar-refractivity contribution >= 4 is 11.5 Å². The van der Waals surface area contributed by atoms with Gasteiger partial charge in [-0.15, -0.1) is 10.2 Å². The number of aromatic hydroxyl groups is 1. The molecule has 9 nitrogen and oxygen atoms in total. The van der Waals surface area contributed by atoms with Crippen molar-refractivity contribution in [3.63, 3.8) is 0 Å². The van der Waals surface area contributed by atoms with Gasteiger partial charge in [0.1, 0.15) is 11.9 Å². The summed E-state index contributed by atoms with van der Waals surface area (Å²) in [4.78, 5) is 7.03. The number of hydrogen-bond acceptors (Lipinski definition) is 9. The number of ether oxygens (including phenoxy) is 2. The van der Waals surface area contributed by atoms with E-state index in [4.69, 9.17) is 15.2 Å². The van der Waals surface area contributed by atoms with Gasteiger partial charge in [-0.3, -0.25) is 0 Å². The van der Waals surface area contributed by atoms with Gasteiger partial charge in [0.25, 0.3) is 0 Å². The van der Waals surface area contributed by atoms with Crippen LogP contribution >= 0.6 is 0 Å². The summed E-state index contributed by atoms with van der Waals surface area (Å²) in [5.74, 6) is 5.02. The SMILES string of the molecule is Nc1nnc(-c2ccccc2O)cc1N(CCC1CCC1c1ccnc(O[C@H]2C[C@H](OC3CCNCC3)C2)c1)CC1C2CC1C2. The van der Waals surface area contributed by atoms with Crippen molar-refractivity contribution in [1.29, 1.82) is 0 Å². The Bertz CT molecular complexity index is 1480. The molecule has 9 rings (SSSR count). The lowest BCUT2D eigenvalue weighted by Gasteiger charge is -2.59. The molecule has 1 aliphatic heterocycles. The first-order valence-corrected chi connectivity index (χ1v) is 17.2. The van der Waals surface area contributed by atoms with Gasteiger partial charge in [-0.1, -0.05) is 12.1 Å². The predicted octanol–water partition coefficient (Wildman–Crippen LogP) is 5.55. The minimum Gasteiger partial charge on any atom is -0.507 e. The highest BCUT2D eigenvalue weighted by molar-refractivity contribution is 5.74. The van der Waals surface area contributed by atoms with Crippen molar-refractivity contribution in [2.75, 3.05) is 36.8 Å². The maximum absolute atomic E-state index is 10.5. The van der Waals surface area contributed by atoms with E-state index in [1.54, 1.807) is 6.07 Å². The third-order valence-corrected chi connectivity index (χ3v) is 11.6. The lowest BCUT2D eigenvalue weighted by molar-refractivity contribution is -0.104. The number of rotatable bonds is 12. The molecule has 3 heterocycles. The molecule has 2 unspecified atom stereocenters. The Morgan fingerprint density at radius 3 is 2.47 bits per heavy atom. The molecule has 2 aromatic heterocycles. The fraction of sp³-hybridized carbons (Fsp3) is 0.583. The van der Waals surface area contributed by atoms with Crippen LogP contribution in [0.4, 0.5) is 11.5 Å². The summed E-state index contributed by atoms with van der Waals surface area (Å²) in [6.45, 7) is 4.07. The monoisotopic (exact) mass is 610 g/mol. The molecule has 6 aliphatic rings. The molecule has 45 heavy (non-hydrogen) atoms. The average molecular weight is 611 g/mol. The number of hydrogen-bond donors (Lipinski definition) is 3. The highest BCUT2D eigenvalue weighted by atomic mass is 16.5. The maximum atomic E-state index is 10.5. The minimum absolute atomic E-state index is 0.199. The molecule has 0 amide bonds. The van der Waals surface area contributed by atoms with Crippen LogP contribution < -0.4 is 20.7 Å². The van der Waals surface area contributed by atoms with Crippen LogP contribution in [0, 0.1) is 23.7 Å². The summed E-state index contributed by atoms with van der Waals surface area (Å²) in [6.07, 6.45) is 13.3. The van der Waals surface area contributed by atoms with Crippen molar-refractivity contribution in [1.82, 2.24) is 20.5 Å². The molecule has 2 bridgehead atoms. The van der Waals surface area contributed by atoms with E-state index in [0.717, 1.165) is 87.6 Å². The number of phenols is 1. The molecular weight excluding hydrogens is 564 g/mol. The lowest BCUT2D eigenvalue weighted by Crippen LogP contribution is -2.55. The van der Waals surface area contributed by atoms with E-state index in [0.29, 0.717) is 41.1 Å². The van der Waals surface area contributed by atoms with Crippen LogP contribution in [0.5, 0.6) is 11.6 Å². The Hall–Kier alpha value is -3.43. The average Bonchev–Trinajstić information content (AvgIpc) is 2.97. The Balaban J connectivity index is 0.906. The van der Waals surface area contributed by atoms with E-state index < -0.39 is 0 Å². The van der Waals surface area contributed by atoms with Gasteiger partial charge < -0.3 is 30.5 Å². The van der Waals surface area contributed by atoms with Crippen LogP contribution in [-0.4, -0.2) is 64.8 Å². The number of nitrogens with zero attached hydrogens (tertiary/aromatic N) is 4. The molecule has 2 atom stereocenters. The van der Waals surface area contributed by atoms with Crippen LogP contribution in [0.2, 0.25) is 0 Å². The van der Waals surface area contributed by atoms with Gasteiger partial charge >= 0.3 is 0 Å². The van der Waals surface area contributed by atoms with E-state index in [-0.39, 0.29) is 11.9 Å². The predicted molar refractivity (Wildman–Crippen MR) is 174 cm³/mol. The van der Waals surface area contributed by atoms with Crippen molar-refractivity contribution in [3.8, 4) is 22.9 Å². The van der Waals surface area contributed by atoms with Gasteiger partial charge in [0, 0.05) is 43.8 Å². The normalized spacial score (nSPS) is 30.4. The maximum Gasteiger partial charge on any atom is 0.213 e. The molecule has 6 fully saturated rings. The molecule has 5 saturated carbocycles. The first kappa shape index (κ1) is 29.0. The highest BCUT2D eigenvalue weighted by Crippen LogP contribution is 2.59. The van der Waals surface area contributed by atoms with Crippen molar-refractivity contribution in [2.45, 2.75) is 82.0 Å². The quantitative estimate of drug-likeness (QED) is 0.243. The second-order valence-electron chi connectivity index (χ2n) is 14.2. The summed E-state index contributed by atoms with van der Waals surface area (Å²) in [5, 5.41) is 22.6. The zero-order valence-electron chi connectivity index (χ0n) is 26.1. The van der Waals surface area contributed by atoms with Gasteiger partial charge in [-0.2, -0.15) is 0 Å². The van der Waals surface area contributed by atoms with E-state index >= 15 is 0 Å². The molecule has 5 aliphatic carbocycles. The van der Waals surface area contributed by atoms with E-state index in [9.17, 15) is 5.11 Å². The number of para-hydroxylation sites is 1. The number of pyridine rings is 1. The van der Waals surface area contributed by atoms with Crippen molar-refractivity contribution in [2.24, 2.45) is 23.7 Å². The second kappa shape index (κ2) is 12.4. The number of benzene rings is 1. The Labute approximate surface area is 265 Å². The summed E-state index contributed by atoms with van der Waals surface area (Å²) < 4.78 is 12.6. The Morgan fingerprint density at radius 1 is 0.911 bits per heavy atom. The fourth-order valence-corrected chi connectivity index (χ4v) is 8.22. The molecule has 0 spiro atoms. The summed E-state index contributed by atoms with van der Waals surface area (Å²) >= 11 is 0. The second-order valence-corrected chi connectivity index (χ2v) is 14.2. The number of nitrogen functional groups attached to an aromatic ring is 1. The largest absolute Gasteiger partial charge is 0.507 e. The first-order chi connectivity index (χ1) is 22.1. The van der Waals surface area contributed by atoms with Gasteiger partial charge in [-0.05, 0) is 117 Å². The topological polar surface area (TPSA) is 119 Å². The summed E-state index contributed by atoms with van der Waals surface area (Å²) in [7, 11) is 0. The van der Waals surface area contributed by atoms with Crippen LogP contribution in [0.25, 0.3) is 11.3 Å². The number of nitrogens with one attached hydrogen (secondary N) is 1. The number of aromatic nitrogens is 3. The third kappa shape index (κ3) is 5.97. The molecule has 1 saturated heterocycles. The zero-order valence-corrected chi connectivity index (χ0v) is 26.1. The standard InChI is InChI=1S/C36H46N6O3/c37-36-33(20-32(40-41-36)30-3-1-2-4-34(30)43)42(21-31-24-15-25(31)16-24)14-10-22-5-6-29(22)23-7-13-39-35(17-23)45-28-18-27(19-28)44-26-8-11-38-12-9-26/h1-4,7,13,17,20,22,24-29,31,38,43H,5-6,8-12,14-16,18-19,21H2,(H2,37,41)/t22?,24?,25?,27-,28-,29?,31?. The van der Waals surface area contributed by atoms with E-state index in [1.807, 2.05) is 30.5 Å². The first-order valence-electron chi connectivity index (χ1n) is 17.2. The number of piperidine rings is 1. The number of nitrogens with two attached hydrogens (primary N) is 1. The van der Waals surface area contributed by atoms with E-state index in [1.165, 1.54) is 31.2 Å².